The fourth-order valence-corrected chi connectivity index (χ4v) is 21.0. The Hall–Kier alpha value is -13.3. The van der Waals surface area contributed by atoms with Crippen LogP contribution in [0.3, 0.4) is 0 Å². The lowest BCUT2D eigenvalue weighted by molar-refractivity contribution is 0.660. The van der Waals surface area contributed by atoms with Crippen molar-refractivity contribution in [2.45, 2.75) is 19.3 Å². The van der Waals surface area contributed by atoms with Crippen LogP contribution in [-0.2, 0) is 5.41 Å². The van der Waals surface area contributed by atoms with Crippen molar-refractivity contribution in [3.8, 4) is 61.6 Å². The van der Waals surface area contributed by atoms with Gasteiger partial charge in [0.2, 0.25) is 5.28 Å². The van der Waals surface area contributed by atoms with Crippen LogP contribution >= 0.6 is 103 Å². The Bertz CT molecular complexity index is 8380. The van der Waals surface area contributed by atoms with Gasteiger partial charge in [0.15, 0.2) is 0 Å². The standard InChI is InChI=1S/C27H22BrN.C22H13ClN2.C19H12BrN.C18H12BrN.C18H11BrS.C16H11Br/c1-27(2)25-11-7-6-10-23(25)24-17-16-22(18-26(24)27)29(20-8-4-3-5-9-20)21-14-12-19(28)13-15-21;23-22-24-20(17-10-9-14-5-1-2-7-16(14)13-17)19-12-11-15-6-3-4-8-18(15)21(19)25-22;20-14-10-11-16-15-8-4-5-9-17(15)19(21-18(16)12-14)13-6-2-1-3-7-13;19-13-10-11-18-16(12-13)15-8-4-5-9-17(15)20(18)14-6-2-1-3-7-14;19-13-10-8-12(9-11-13)14-5-3-6-16-15-4-1-2-7-17(15)20-18(14)16;17-14-10-8-13(9-11-14)16-7-3-5-12-4-1-2-6-15(12)16/h3-18H,1-2H3;1-13H;1-12H;1-12H;1-11H;1-11H. The minimum atomic E-state index is -0.00991. The van der Waals surface area contributed by atoms with Gasteiger partial charge in [-0.3, -0.25) is 0 Å². The summed E-state index contributed by atoms with van der Waals surface area (Å²) in [6.07, 6.45) is 0. The molecule has 0 fully saturated rings. The third-order valence-corrected chi connectivity index (χ3v) is 28.3. The van der Waals surface area contributed by atoms with Gasteiger partial charge in [-0.15, -0.1) is 11.3 Å². The average Bonchev–Trinajstić information content (AvgIpc) is 1.52. The van der Waals surface area contributed by atoms with Gasteiger partial charge in [-0.2, -0.15) is 0 Å². The summed E-state index contributed by atoms with van der Waals surface area (Å²) in [4.78, 5) is 16.3. The predicted octanol–water partition coefficient (Wildman–Crippen LogP) is 37.6. The van der Waals surface area contributed by atoms with Gasteiger partial charge in [0, 0.05) is 114 Å². The van der Waals surface area contributed by atoms with Crippen molar-refractivity contribution < 1.29 is 0 Å². The van der Waals surface area contributed by atoms with E-state index in [1.807, 2.05) is 47.7 Å². The molecule has 0 spiro atoms. The Labute approximate surface area is 817 Å². The number of aromatic nitrogens is 4. The van der Waals surface area contributed by atoms with Gasteiger partial charge >= 0.3 is 0 Å². The third kappa shape index (κ3) is 18.0. The minimum absolute atomic E-state index is 0.00991. The zero-order valence-corrected chi connectivity index (χ0v) is 81.2. The van der Waals surface area contributed by atoms with Gasteiger partial charge in [-0.25, -0.2) is 15.0 Å². The molecule has 634 valence electrons. The van der Waals surface area contributed by atoms with E-state index in [4.69, 9.17) is 16.6 Å². The number of halogens is 6. The van der Waals surface area contributed by atoms with E-state index in [2.05, 4.69) is 532 Å². The topological polar surface area (TPSA) is 46.8 Å². The highest BCUT2D eigenvalue weighted by molar-refractivity contribution is 9.11. The number of hydrogen-bond donors (Lipinski definition) is 0. The largest absolute Gasteiger partial charge is 0.310 e. The van der Waals surface area contributed by atoms with E-state index in [1.54, 1.807) is 0 Å². The van der Waals surface area contributed by atoms with E-state index >= 15 is 0 Å². The van der Waals surface area contributed by atoms with Crippen molar-refractivity contribution in [3.05, 3.63) is 494 Å². The van der Waals surface area contributed by atoms with Crippen LogP contribution in [0.1, 0.15) is 25.0 Å². The van der Waals surface area contributed by atoms with Crippen molar-refractivity contribution in [2.75, 3.05) is 4.90 Å². The monoisotopic (exact) mass is 2050 g/mol. The third-order valence-electron chi connectivity index (χ3n) is 24.4. The van der Waals surface area contributed by atoms with Crippen LogP contribution in [0.4, 0.5) is 17.1 Å². The van der Waals surface area contributed by atoms with Crippen LogP contribution in [0.15, 0.2) is 477 Å². The Morgan fingerprint density at radius 2 is 0.750 bits per heavy atom. The maximum absolute atomic E-state index is 6.27. The molecule has 12 heteroatoms. The van der Waals surface area contributed by atoms with Crippen LogP contribution in [0.2, 0.25) is 5.28 Å². The molecule has 0 atom stereocenters. The lowest BCUT2D eigenvalue weighted by atomic mass is 9.82. The Kier molecular flexibility index (Phi) is 25.4. The van der Waals surface area contributed by atoms with E-state index in [0.717, 1.165) is 83.4 Å². The summed E-state index contributed by atoms with van der Waals surface area (Å²) in [6.45, 7) is 4.65. The fraction of sp³-hybridized carbons (Fsp3) is 0.0250. The molecule has 1 aliphatic carbocycles. The van der Waals surface area contributed by atoms with E-state index in [-0.39, 0.29) is 10.7 Å². The number of benzene rings is 20. The average molecular weight is 2060 g/mol. The maximum atomic E-state index is 6.27. The van der Waals surface area contributed by atoms with Gasteiger partial charge in [-0.05, 0) is 228 Å². The Balaban J connectivity index is 0.0000000995. The molecule has 0 bridgehead atoms. The second-order valence-corrected chi connectivity index (χ2v) is 38.8. The molecule has 0 aliphatic heterocycles. The Morgan fingerprint density at radius 3 is 1.48 bits per heavy atom. The molecule has 20 aromatic carbocycles. The molecule has 0 saturated carbocycles. The summed E-state index contributed by atoms with van der Waals surface area (Å²) < 4.78 is 10.5. The van der Waals surface area contributed by atoms with Crippen LogP contribution < -0.4 is 4.90 Å². The number of anilines is 3. The quantitative estimate of drug-likeness (QED) is 0.112. The van der Waals surface area contributed by atoms with Crippen LogP contribution in [0.5, 0.6) is 0 Å². The van der Waals surface area contributed by atoms with E-state index in [0.29, 0.717) is 0 Å². The smallest absolute Gasteiger partial charge is 0.223 e. The summed E-state index contributed by atoms with van der Waals surface area (Å²) in [5.74, 6) is 0. The van der Waals surface area contributed by atoms with Crippen LogP contribution in [0, 0.1) is 0 Å². The molecular formula is C120H81Br5ClN5S. The van der Waals surface area contributed by atoms with Gasteiger partial charge in [0.05, 0.1) is 33.5 Å². The molecule has 5 nitrogen and oxygen atoms in total. The summed E-state index contributed by atoms with van der Waals surface area (Å²) in [6, 6.07) is 160. The van der Waals surface area contributed by atoms with E-state index < -0.39 is 0 Å². The molecule has 0 N–H and O–H groups in total. The molecule has 25 rings (SSSR count). The number of pyridine rings is 1. The van der Waals surface area contributed by atoms with Gasteiger partial charge in [-0.1, -0.05) is 409 Å². The van der Waals surface area contributed by atoms with E-state index in [9.17, 15) is 0 Å². The molecule has 0 unspecified atom stereocenters. The number of hydrogen-bond acceptors (Lipinski definition) is 5. The first-order chi connectivity index (χ1) is 64.7. The first-order valence-corrected chi connectivity index (χ1v) is 48.7. The normalized spacial score (nSPS) is 11.7. The summed E-state index contributed by atoms with van der Waals surface area (Å²) in [5, 5.41) is 17.4. The van der Waals surface area contributed by atoms with Crippen LogP contribution in [-0.4, -0.2) is 19.5 Å². The molecule has 24 aromatic rings. The van der Waals surface area contributed by atoms with Crippen molar-refractivity contribution in [1.82, 2.24) is 19.5 Å². The lowest BCUT2D eigenvalue weighted by Gasteiger charge is -2.28. The molecule has 4 aromatic heterocycles. The second kappa shape index (κ2) is 38.6. The fourth-order valence-electron chi connectivity index (χ4n) is 18.1. The lowest BCUT2D eigenvalue weighted by Crippen LogP contribution is -2.16. The maximum Gasteiger partial charge on any atom is 0.223 e. The van der Waals surface area contributed by atoms with Crippen molar-refractivity contribution in [3.63, 3.8) is 0 Å². The number of nitrogens with zero attached hydrogens (tertiary/aromatic N) is 5. The van der Waals surface area contributed by atoms with Gasteiger partial charge < -0.3 is 9.47 Å². The van der Waals surface area contributed by atoms with Crippen molar-refractivity contribution in [1.29, 1.82) is 0 Å². The van der Waals surface area contributed by atoms with Crippen molar-refractivity contribution >= 4 is 227 Å². The highest BCUT2D eigenvalue weighted by atomic mass is 79.9. The zero-order chi connectivity index (χ0) is 89.8. The van der Waals surface area contributed by atoms with Crippen LogP contribution in [0.25, 0.3) is 168 Å². The number of fused-ring (bicyclic) bond motifs is 17. The highest BCUT2D eigenvalue weighted by Gasteiger charge is 2.36. The molecule has 0 saturated heterocycles. The van der Waals surface area contributed by atoms with Gasteiger partial charge in [0.1, 0.15) is 0 Å². The molecular weight excluding hydrogens is 1980 g/mol. The number of rotatable bonds is 8. The molecule has 0 radical (unpaired) electrons. The minimum Gasteiger partial charge on any atom is -0.310 e. The summed E-state index contributed by atoms with van der Waals surface area (Å²) in [5.41, 5.74) is 23.8. The Morgan fingerprint density at radius 1 is 0.273 bits per heavy atom. The second-order valence-electron chi connectivity index (χ2n) is 32.8. The van der Waals surface area contributed by atoms with Crippen molar-refractivity contribution in [2.24, 2.45) is 0 Å². The molecule has 1 aliphatic rings. The summed E-state index contributed by atoms with van der Waals surface area (Å²) in [7, 11) is 0. The number of thiophene rings is 1. The predicted molar refractivity (Wildman–Crippen MR) is 582 cm³/mol. The first-order valence-electron chi connectivity index (χ1n) is 43.6. The highest BCUT2D eigenvalue weighted by Crippen LogP contribution is 2.51. The van der Waals surface area contributed by atoms with E-state index in [1.165, 1.54) is 136 Å². The number of para-hydroxylation sites is 3. The molecule has 4 heterocycles. The molecule has 0 amide bonds. The van der Waals surface area contributed by atoms with Gasteiger partial charge in [0.25, 0.3) is 0 Å². The SMILES string of the molecule is Brc1ccc(-c2cccc3c2sc2ccccc23)cc1.Brc1ccc(-c2cccc3ccccc23)cc1.Brc1ccc2c(c1)c1ccccc1n2-c1ccccc1.Brc1ccc2c(c1)nc(-c1ccccc1)c1ccccc12.CC1(C)c2ccccc2-c2ccc(N(c3ccccc3)c3ccc(Br)cc3)cc21.Clc1nc(-c2ccc3ccccc3c2)c2ccc3ccccc3c2n1. The summed E-state index contributed by atoms with van der Waals surface area (Å²) >= 11 is 25.8. The first kappa shape index (κ1) is 86.7. The zero-order valence-electron chi connectivity index (χ0n) is 71.7. The molecule has 132 heavy (non-hydrogen) atoms.